The van der Waals surface area contributed by atoms with E-state index in [9.17, 15) is 0 Å². The molecule has 3 nitrogen and oxygen atoms in total. The second-order valence-electron chi connectivity index (χ2n) is 3.86. The minimum atomic E-state index is 1.04. The van der Waals surface area contributed by atoms with Crippen molar-refractivity contribution in [2.75, 3.05) is 38.1 Å². The third-order valence-corrected chi connectivity index (χ3v) is 3.01. The highest BCUT2D eigenvalue weighted by Gasteiger charge is 2.14. The average Bonchev–Trinajstić information content (AvgIpc) is 2.30. The first-order chi connectivity index (χ1) is 7.29. The normalized spacial score (nSPS) is 17.8. The van der Waals surface area contributed by atoms with E-state index in [-0.39, 0.29) is 0 Å². The van der Waals surface area contributed by atoms with Crippen molar-refractivity contribution >= 4 is 23.4 Å². The van der Waals surface area contributed by atoms with Crippen LogP contribution in [0.5, 0.6) is 0 Å². The van der Waals surface area contributed by atoms with Gasteiger partial charge in [0.1, 0.15) is 5.82 Å². The van der Waals surface area contributed by atoms with Crippen molar-refractivity contribution in [1.29, 1.82) is 0 Å². The molecule has 0 atom stereocenters. The van der Waals surface area contributed by atoms with Crippen LogP contribution in [0.1, 0.15) is 5.56 Å². The quantitative estimate of drug-likeness (QED) is 0.698. The van der Waals surface area contributed by atoms with Crippen LogP contribution in [0.25, 0.3) is 0 Å². The number of pyridine rings is 1. The summed E-state index contributed by atoms with van der Waals surface area (Å²) in [6.45, 7) is 4.29. The molecule has 2 heterocycles. The van der Waals surface area contributed by atoms with Crippen LogP contribution in [0.15, 0.2) is 18.3 Å². The Morgan fingerprint density at radius 1 is 1.33 bits per heavy atom. The lowest BCUT2D eigenvalue weighted by Crippen LogP contribution is -2.44. The van der Waals surface area contributed by atoms with E-state index in [0.29, 0.717) is 0 Å². The summed E-state index contributed by atoms with van der Waals surface area (Å²) in [7, 11) is 2.15. The molecule has 1 aliphatic rings. The molecular formula is C11H15N3S. The zero-order valence-electron chi connectivity index (χ0n) is 8.89. The Balaban J connectivity index is 2.11. The standard InChI is InChI=1S/C11H15N3S/c1-13-4-6-14(7-5-13)11-8-10(9-15)2-3-12-11/h2-3,8-9H,4-7H2,1H3. The van der Waals surface area contributed by atoms with Gasteiger partial charge in [-0.05, 0) is 24.7 Å². The highest BCUT2D eigenvalue weighted by molar-refractivity contribution is 7.79. The number of hydrogen-bond acceptors (Lipinski definition) is 4. The van der Waals surface area contributed by atoms with Crippen molar-refractivity contribution in [2.24, 2.45) is 0 Å². The number of thiocarbonyl (C=S) groups is 1. The van der Waals surface area contributed by atoms with Gasteiger partial charge in [0, 0.05) is 37.7 Å². The first-order valence-corrected chi connectivity index (χ1v) is 5.61. The Labute approximate surface area is 95.7 Å². The fourth-order valence-corrected chi connectivity index (χ4v) is 1.86. The summed E-state index contributed by atoms with van der Waals surface area (Å²) < 4.78 is 0. The fourth-order valence-electron chi connectivity index (χ4n) is 1.72. The molecule has 4 heteroatoms. The molecule has 0 bridgehead atoms. The second kappa shape index (κ2) is 4.68. The molecule has 0 N–H and O–H groups in total. The summed E-state index contributed by atoms with van der Waals surface area (Å²) in [6.07, 6.45) is 1.83. The molecule has 0 aromatic carbocycles. The van der Waals surface area contributed by atoms with E-state index in [1.165, 1.54) is 0 Å². The summed E-state index contributed by atoms with van der Waals surface area (Å²) >= 11 is 4.92. The summed E-state index contributed by atoms with van der Waals surface area (Å²) in [5.74, 6) is 1.04. The van der Waals surface area contributed by atoms with Gasteiger partial charge in [-0.3, -0.25) is 0 Å². The topological polar surface area (TPSA) is 19.4 Å². The molecule has 0 radical (unpaired) electrons. The van der Waals surface area contributed by atoms with Gasteiger partial charge >= 0.3 is 0 Å². The van der Waals surface area contributed by atoms with Gasteiger partial charge in [-0.25, -0.2) is 4.98 Å². The average molecular weight is 221 g/mol. The molecule has 0 unspecified atom stereocenters. The van der Waals surface area contributed by atoms with Gasteiger partial charge in [0.25, 0.3) is 0 Å². The van der Waals surface area contributed by atoms with Crippen LogP contribution in [0.3, 0.4) is 0 Å². The maximum Gasteiger partial charge on any atom is 0.129 e. The lowest BCUT2D eigenvalue weighted by molar-refractivity contribution is 0.312. The van der Waals surface area contributed by atoms with Crippen molar-refractivity contribution in [3.63, 3.8) is 0 Å². The SMILES string of the molecule is CN1CCN(c2cc(C=S)ccn2)CC1. The maximum atomic E-state index is 4.92. The number of likely N-dealkylation sites (N-methyl/N-ethyl adjacent to an activating group) is 1. The van der Waals surface area contributed by atoms with Crippen molar-refractivity contribution in [2.45, 2.75) is 0 Å². The van der Waals surface area contributed by atoms with Gasteiger partial charge in [-0.15, -0.1) is 0 Å². The molecule has 1 aliphatic heterocycles. The van der Waals surface area contributed by atoms with E-state index < -0.39 is 0 Å². The third kappa shape index (κ3) is 2.52. The van der Waals surface area contributed by atoms with E-state index in [2.05, 4.69) is 27.9 Å². The van der Waals surface area contributed by atoms with E-state index in [4.69, 9.17) is 12.2 Å². The molecule has 0 spiro atoms. The van der Waals surface area contributed by atoms with Gasteiger partial charge in [-0.1, -0.05) is 12.2 Å². The van der Waals surface area contributed by atoms with E-state index in [0.717, 1.165) is 37.6 Å². The summed E-state index contributed by atoms with van der Waals surface area (Å²) in [6, 6.07) is 3.99. The zero-order valence-corrected chi connectivity index (χ0v) is 9.70. The molecule has 1 fully saturated rings. The smallest absolute Gasteiger partial charge is 0.129 e. The van der Waals surface area contributed by atoms with E-state index in [1.807, 2.05) is 12.3 Å². The molecule has 0 saturated carbocycles. The van der Waals surface area contributed by atoms with E-state index >= 15 is 0 Å². The highest BCUT2D eigenvalue weighted by atomic mass is 32.1. The van der Waals surface area contributed by atoms with E-state index in [1.54, 1.807) is 5.37 Å². The van der Waals surface area contributed by atoms with Crippen LogP contribution in [-0.2, 0) is 0 Å². The van der Waals surface area contributed by atoms with Crippen LogP contribution in [0.2, 0.25) is 0 Å². The molecule has 1 aromatic rings. The molecule has 1 saturated heterocycles. The van der Waals surface area contributed by atoms with Crippen molar-refractivity contribution in [3.8, 4) is 0 Å². The monoisotopic (exact) mass is 221 g/mol. The largest absolute Gasteiger partial charge is 0.354 e. The Bertz CT molecular complexity index is 345. The van der Waals surface area contributed by atoms with Gasteiger partial charge in [0.2, 0.25) is 0 Å². The summed E-state index contributed by atoms with van der Waals surface area (Å²) in [5.41, 5.74) is 1.06. The predicted molar refractivity (Wildman–Crippen MR) is 66.7 cm³/mol. The predicted octanol–water partition coefficient (Wildman–Crippen LogP) is 1.18. The lowest BCUT2D eigenvalue weighted by atomic mass is 10.2. The molecule has 1 aromatic heterocycles. The van der Waals surface area contributed by atoms with Gasteiger partial charge in [0.05, 0.1) is 0 Å². The van der Waals surface area contributed by atoms with Gasteiger partial charge in [-0.2, -0.15) is 0 Å². The Morgan fingerprint density at radius 2 is 2.07 bits per heavy atom. The first-order valence-electron chi connectivity index (χ1n) is 5.14. The number of piperazine rings is 1. The summed E-state index contributed by atoms with van der Waals surface area (Å²) in [5, 5.41) is 1.70. The number of aromatic nitrogens is 1. The van der Waals surface area contributed by atoms with Crippen molar-refractivity contribution in [1.82, 2.24) is 9.88 Å². The van der Waals surface area contributed by atoms with Crippen LogP contribution in [0, 0.1) is 0 Å². The number of rotatable bonds is 2. The molecule has 0 aliphatic carbocycles. The van der Waals surface area contributed by atoms with Crippen molar-refractivity contribution < 1.29 is 0 Å². The minimum Gasteiger partial charge on any atom is -0.354 e. The van der Waals surface area contributed by atoms with Crippen LogP contribution >= 0.6 is 12.2 Å². The second-order valence-corrected chi connectivity index (χ2v) is 4.09. The molecule has 15 heavy (non-hydrogen) atoms. The maximum absolute atomic E-state index is 4.92. The van der Waals surface area contributed by atoms with Gasteiger partial charge in [0.15, 0.2) is 0 Å². The molecular weight excluding hydrogens is 206 g/mol. The molecule has 2 rings (SSSR count). The van der Waals surface area contributed by atoms with Crippen LogP contribution < -0.4 is 4.90 Å². The van der Waals surface area contributed by atoms with Crippen LogP contribution in [0.4, 0.5) is 5.82 Å². The fraction of sp³-hybridized carbons (Fsp3) is 0.455. The number of anilines is 1. The molecule has 80 valence electrons. The third-order valence-electron chi connectivity index (χ3n) is 2.73. The summed E-state index contributed by atoms with van der Waals surface area (Å²) in [4.78, 5) is 9.02. The Kier molecular flexibility index (Phi) is 3.28. The number of hydrogen-bond donors (Lipinski definition) is 0. The Hall–Kier alpha value is -1.00. The lowest BCUT2D eigenvalue weighted by Gasteiger charge is -2.33. The van der Waals surface area contributed by atoms with Crippen LogP contribution in [-0.4, -0.2) is 48.5 Å². The first kappa shape index (κ1) is 10.5. The van der Waals surface area contributed by atoms with Crippen molar-refractivity contribution in [3.05, 3.63) is 23.9 Å². The highest BCUT2D eigenvalue weighted by Crippen LogP contribution is 2.13. The minimum absolute atomic E-state index is 1.04. The molecule has 0 amide bonds. The number of nitrogens with zero attached hydrogens (tertiary/aromatic N) is 3. The van der Waals surface area contributed by atoms with Gasteiger partial charge < -0.3 is 9.80 Å². The Morgan fingerprint density at radius 3 is 2.73 bits per heavy atom. The zero-order chi connectivity index (χ0) is 10.7.